The Labute approximate surface area is 101 Å². The molecule has 0 spiro atoms. The Morgan fingerprint density at radius 1 is 1.00 bits per heavy atom. The van der Waals surface area contributed by atoms with Crippen LogP contribution in [0.1, 0.15) is 0 Å². The molecule has 0 unspecified atom stereocenters. The van der Waals surface area contributed by atoms with Crippen molar-refractivity contribution in [3.05, 3.63) is 0 Å². The topological polar surface area (TPSA) is 27.7 Å². The molecule has 1 saturated heterocycles. The molecule has 0 saturated carbocycles. The minimum atomic E-state index is -6.28. The smallest absolute Gasteiger partial charge is 0.328 e. The third-order valence-electron chi connectivity index (χ3n) is 2.14. The van der Waals surface area contributed by atoms with Gasteiger partial charge in [-0.1, -0.05) is 0 Å². The molecule has 1 fully saturated rings. The molecular formula is C8H8F8O3. The summed E-state index contributed by atoms with van der Waals surface area (Å²) < 4.78 is 112. The Balaban J connectivity index is 2.72. The Hall–Kier alpha value is -0.680. The molecule has 0 atom stereocenters. The summed E-state index contributed by atoms with van der Waals surface area (Å²) in [5, 5.41) is 0. The highest BCUT2D eigenvalue weighted by atomic mass is 19.4. The molecular weight excluding hydrogens is 296 g/mol. The molecule has 0 radical (unpaired) electrons. The van der Waals surface area contributed by atoms with Gasteiger partial charge in [-0.25, -0.2) is 8.78 Å². The van der Waals surface area contributed by atoms with Crippen molar-refractivity contribution in [3.8, 4) is 0 Å². The molecule has 0 bridgehead atoms. The lowest BCUT2D eigenvalue weighted by molar-refractivity contribution is -0.359. The highest BCUT2D eigenvalue weighted by Gasteiger charge is 2.75. The molecule has 1 aliphatic rings. The van der Waals surface area contributed by atoms with E-state index in [1.807, 2.05) is 0 Å². The van der Waals surface area contributed by atoms with Crippen LogP contribution in [0.5, 0.6) is 0 Å². The predicted molar refractivity (Wildman–Crippen MR) is 42.5 cm³/mol. The number of rotatable bonds is 6. The summed E-state index contributed by atoms with van der Waals surface area (Å²) in [7, 11) is 0. The molecule has 1 heterocycles. The largest absolute Gasteiger partial charge is 0.380 e. The van der Waals surface area contributed by atoms with Gasteiger partial charge in [0, 0.05) is 0 Å². The number of ether oxygens (including phenoxy) is 3. The van der Waals surface area contributed by atoms with E-state index < -0.39 is 37.3 Å². The second-order valence-corrected chi connectivity index (χ2v) is 3.54. The molecule has 11 heteroatoms. The van der Waals surface area contributed by atoms with Crippen LogP contribution in [0, 0.1) is 0 Å². The molecule has 19 heavy (non-hydrogen) atoms. The summed E-state index contributed by atoms with van der Waals surface area (Å²) in [6, 6.07) is 0. The van der Waals surface area contributed by atoms with Crippen molar-refractivity contribution in [2.24, 2.45) is 0 Å². The van der Waals surface area contributed by atoms with Gasteiger partial charge in [0.05, 0.1) is 13.2 Å². The average molecular weight is 304 g/mol. The zero-order valence-electron chi connectivity index (χ0n) is 9.02. The Kier molecular flexibility index (Phi) is 4.62. The predicted octanol–water partition coefficient (Wildman–Crippen LogP) is 2.50. The molecule has 0 aromatic carbocycles. The summed E-state index contributed by atoms with van der Waals surface area (Å²) >= 11 is 0. The van der Waals surface area contributed by atoms with E-state index >= 15 is 0 Å². The monoisotopic (exact) mass is 304 g/mol. The fourth-order valence-corrected chi connectivity index (χ4v) is 1.08. The Morgan fingerprint density at radius 2 is 1.47 bits per heavy atom. The summed E-state index contributed by atoms with van der Waals surface area (Å²) in [6.07, 6.45) is -4.95. The van der Waals surface area contributed by atoms with E-state index in [0.717, 1.165) is 0 Å². The van der Waals surface area contributed by atoms with Crippen LogP contribution in [0.3, 0.4) is 0 Å². The molecule has 0 amide bonds. The van der Waals surface area contributed by atoms with Crippen molar-refractivity contribution >= 4 is 0 Å². The van der Waals surface area contributed by atoms with Gasteiger partial charge >= 0.3 is 24.2 Å². The molecule has 0 aromatic rings. The van der Waals surface area contributed by atoms with E-state index in [0.29, 0.717) is 0 Å². The van der Waals surface area contributed by atoms with Crippen LogP contribution in [0.2, 0.25) is 0 Å². The van der Waals surface area contributed by atoms with E-state index in [2.05, 4.69) is 14.2 Å². The number of hydrogen-bond donors (Lipinski definition) is 0. The second-order valence-electron chi connectivity index (χ2n) is 3.54. The summed E-state index contributed by atoms with van der Waals surface area (Å²) in [4.78, 5) is 0. The lowest BCUT2D eigenvalue weighted by Crippen LogP contribution is -2.59. The van der Waals surface area contributed by atoms with Gasteiger partial charge in [0.1, 0.15) is 6.61 Å². The van der Waals surface area contributed by atoms with Crippen LogP contribution in [-0.2, 0) is 14.2 Å². The Morgan fingerprint density at radius 3 is 1.89 bits per heavy atom. The number of hydrogen-bond acceptors (Lipinski definition) is 3. The van der Waals surface area contributed by atoms with E-state index in [1.54, 1.807) is 0 Å². The third kappa shape index (κ3) is 3.08. The van der Waals surface area contributed by atoms with Crippen LogP contribution < -0.4 is 0 Å². The van der Waals surface area contributed by atoms with Crippen molar-refractivity contribution in [2.45, 2.75) is 30.7 Å². The SMILES string of the molecule is FC(F)C(F)(F)C(F)(F)C(F)(F)COC1OCCO1. The van der Waals surface area contributed by atoms with E-state index in [1.165, 1.54) is 0 Å². The van der Waals surface area contributed by atoms with Crippen molar-refractivity contribution < 1.29 is 49.3 Å². The standard InChI is InChI=1S/C8H8F8O3/c9-4(10)7(13,14)8(15,16)6(11,12)3-19-5-17-1-2-18-5/h4-5H,1-3H2. The van der Waals surface area contributed by atoms with E-state index in [9.17, 15) is 35.1 Å². The van der Waals surface area contributed by atoms with Gasteiger partial charge in [-0.2, -0.15) is 26.3 Å². The van der Waals surface area contributed by atoms with Crippen LogP contribution in [0.25, 0.3) is 0 Å². The fourth-order valence-electron chi connectivity index (χ4n) is 1.08. The number of halogens is 8. The number of alkyl halides is 8. The van der Waals surface area contributed by atoms with Crippen LogP contribution in [0.15, 0.2) is 0 Å². The van der Waals surface area contributed by atoms with Gasteiger partial charge in [0.15, 0.2) is 0 Å². The van der Waals surface area contributed by atoms with E-state index in [4.69, 9.17) is 0 Å². The maximum atomic E-state index is 12.9. The van der Waals surface area contributed by atoms with Crippen molar-refractivity contribution in [3.63, 3.8) is 0 Å². The third-order valence-corrected chi connectivity index (χ3v) is 2.14. The summed E-state index contributed by atoms with van der Waals surface area (Å²) in [5.41, 5.74) is 0. The minimum absolute atomic E-state index is 0.0696. The second kappa shape index (κ2) is 5.37. The highest BCUT2D eigenvalue weighted by Crippen LogP contribution is 2.48. The fraction of sp³-hybridized carbons (Fsp3) is 1.00. The first-order valence-electron chi connectivity index (χ1n) is 4.79. The quantitative estimate of drug-likeness (QED) is 0.706. The zero-order valence-corrected chi connectivity index (χ0v) is 9.02. The normalized spacial score (nSPS) is 19.4. The first-order chi connectivity index (χ1) is 8.52. The van der Waals surface area contributed by atoms with Crippen LogP contribution in [0.4, 0.5) is 35.1 Å². The first-order valence-corrected chi connectivity index (χ1v) is 4.79. The van der Waals surface area contributed by atoms with Gasteiger partial charge < -0.3 is 14.2 Å². The summed E-state index contributed by atoms with van der Waals surface area (Å²) in [6.45, 7) is -4.12. The maximum Gasteiger partial charge on any atom is 0.380 e. The molecule has 0 N–H and O–H groups in total. The molecule has 1 aliphatic heterocycles. The maximum absolute atomic E-state index is 12.9. The lowest BCUT2D eigenvalue weighted by Gasteiger charge is -2.32. The van der Waals surface area contributed by atoms with Crippen molar-refractivity contribution in [1.29, 1.82) is 0 Å². The van der Waals surface area contributed by atoms with E-state index in [-0.39, 0.29) is 13.2 Å². The highest BCUT2D eigenvalue weighted by molar-refractivity contribution is 4.97. The molecule has 0 aromatic heterocycles. The van der Waals surface area contributed by atoms with Gasteiger partial charge in [-0.15, -0.1) is 0 Å². The molecule has 0 aliphatic carbocycles. The molecule has 3 nitrogen and oxygen atoms in total. The minimum Gasteiger partial charge on any atom is -0.328 e. The Bertz CT molecular complexity index is 302. The first kappa shape index (κ1) is 16.4. The average Bonchev–Trinajstić information content (AvgIpc) is 2.78. The van der Waals surface area contributed by atoms with Crippen LogP contribution >= 0.6 is 0 Å². The van der Waals surface area contributed by atoms with Crippen molar-refractivity contribution in [2.75, 3.05) is 19.8 Å². The molecule has 1 rings (SSSR count). The van der Waals surface area contributed by atoms with Crippen LogP contribution in [-0.4, -0.2) is 50.5 Å². The van der Waals surface area contributed by atoms with Crippen molar-refractivity contribution in [1.82, 2.24) is 0 Å². The van der Waals surface area contributed by atoms with Gasteiger partial charge in [-0.05, 0) is 0 Å². The lowest BCUT2D eigenvalue weighted by atomic mass is 10.1. The molecule has 114 valence electrons. The zero-order chi connectivity index (χ0) is 14.9. The summed E-state index contributed by atoms with van der Waals surface area (Å²) in [5.74, 6) is -18.0. The van der Waals surface area contributed by atoms with Gasteiger partial charge in [-0.3, -0.25) is 0 Å². The van der Waals surface area contributed by atoms with Gasteiger partial charge in [0.25, 0.3) is 6.48 Å². The van der Waals surface area contributed by atoms with Gasteiger partial charge in [0.2, 0.25) is 0 Å².